The Kier molecular flexibility index (Phi) is 17.5. The van der Waals surface area contributed by atoms with Gasteiger partial charge in [0.2, 0.25) is 0 Å². The van der Waals surface area contributed by atoms with E-state index in [2.05, 4.69) is 221 Å². The van der Waals surface area contributed by atoms with Crippen molar-refractivity contribution in [1.29, 1.82) is 0 Å². The van der Waals surface area contributed by atoms with Crippen molar-refractivity contribution in [2.24, 2.45) is 0 Å². The highest BCUT2D eigenvalue weighted by Crippen LogP contribution is 2.47. The maximum atomic E-state index is 7.35. The highest BCUT2D eigenvalue weighted by atomic mass is 16.5. The van der Waals surface area contributed by atoms with E-state index >= 15 is 0 Å². The van der Waals surface area contributed by atoms with E-state index in [1.165, 1.54) is 55.6 Å². The molecular weight excluding hydrogens is 881 g/mol. The molecule has 6 rings (SSSR count). The molecule has 0 aliphatic rings. The van der Waals surface area contributed by atoms with E-state index in [0.717, 1.165) is 108 Å². The summed E-state index contributed by atoms with van der Waals surface area (Å²) < 4.78 is 28.6. The third-order valence-corrected chi connectivity index (χ3v) is 16.3. The molecule has 0 saturated carbocycles. The molecule has 0 spiro atoms. The van der Waals surface area contributed by atoms with Crippen LogP contribution in [0.25, 0.3) is 23.3 Å². The van der Waals surface area contributed by atoms with Crippen molar-refractivity contribution in [2.75, 3.05) is 0 Å². The third-order valence-electron chi connectivity index (χ3n) is 16.3. The lowest BCUT2D eigenvalue weighted by molar-refractivity contribution is 0.0517. The average molecular weight is 967 g/mol. The van der Waals surface area contributed by atoms with E-state index in [-0.39, 0.29) is 0 Å². The molecule has 0 radical (unpaired) electrons. The summed E-state index contributed by atoms with van der Waals surface area (Å²) >= 11 is 0. The SMILES string of the molecule is C=Cc1ccc(OC(CC)(CC)c2c(C)cc(C(CC)(CC)Oc3c(C)cc(-c4cc(C)c(OC(CC)(CC)c5cc(C)c(C(CC)(CC)Oc6ccc(C=C)cc6)c(C)c5)c(C)c4)cc3C)cc2C)cc1. The molecule has 382 valence electrons. The monoisotopic (exact) mass is 967 g/mol. The zero-order valence-electron chi connectivity index (χ0n) is 47.1. The molecule has 0 aliphatic heterocycles. The van der Waals surface area contributed by atoms with Gasteiger partial charge in [-0.15, -0.1) is 0 Å². The van der Waals surface area contributed by atoms with Crippen molar-refractivity contribution < 1.29 is 18.9 Å². The third kappa shape index (κ3) is 10.7. The molecular formula is C68H86O4. The van der Waals surface area contributed by atoms with Crippen LogP contribution in [0.2, 0.25) is 0 Å². The zero-order valence-corrected chi connectivity index (χ0v) is 47.1. The molecule has 6 aromatic carbocycles. The predicted molar refractivity (Wildman–Crippen MR) is 307 cm³/mol. The summed E-state index contributed by atoms with van der Waals surface area (Å²) in [6, 6.07) is 35.1. The smallest absolute Gasteiger partial charge is 0.134 e. The van der Waals surface area contributed by atoms with Gasteiger partial charge in [0.1, 0.15) is 45.4 Å². The van der Waals surface area contributed by atoms with Crippen molar-refractivity contribution >= 4 is 12.2 Å². The van der Waals surface area contributed by atoms with Crippen molar-refractivity contribution in [3.63, 3.8) is 0 Å². The van der Waals surface area contributed by atoms with Crippen LogP contribution < -0.4 is 18.9 Å². The molecule has 0 fully saturated rings. The highest BCUT2D eigenvalue weighted by molar-refractivity contribution is 5.70. The number of ether oxygens (including phenoxy) is 4. The van der Waals surface area contributed by atoms with Crippen LogP contribution in [0.4, 0.5) is 0 Å². The number of aryl methyl sites for hydroxylation is 8. The lowest BCUT2D eigenvalue weighted by atomic mass is 9.78. The van der Waals surface area contributed by atoms with E-state index < -0.39 is 22.4 Å². The number of benzene rings is 6. The first-order valence-electron chi connectivity index (χ1n) is 27.0. The lowest BCUT2D eigenvalue weighted by Gasteiger charge is -2.39. The Morgan fingerprint density at radius 3 is 0.806 bits per heavy atom. The predicted octanol–water partition coefficient (Wildman–Crippen LogP) is 19.5. The minimum absolute atomic E-state index is 0.457. The van der Waals surface area contributed by atoms with E-state index in [9.17, 15) is 0 Å². The minimum Gasteiger partial charge on any atom is -0.483 e. The Bertz CT molecular complexity index is 2550. The molecule has 72 heavy (non-hydrogen) atoms. The molecule has 0 aliphatic carbocycles. The van der Waals surface area contributed by atoms with Crippen LogP contribution in [0, 0.1) is 55.4 Å². The summed E-state index contributed by atoms with van der Waals surface area (Å²) in [6.45, 7) is 43.5. The topological polar surface area (TPSA) is 36.9 Å². The summed E-state index contributed by atoms with van der Waals surface area (Å²) in [5.74, 6) is 3.65. The van der Waals surface area contributed by atoms with Crippen LogP contribution in [0.3, 0.4) is 0 Å². The van der Waals surface area contributed by atoms with Gasteiger partial charge in [-0.2, -0.15) is 0 Å². The Morgan fingerprint density at radius 2 is 0.583 bits per heavy atom. The van der Waals surface area contributed by atoms with Crippen LogP contribution in [-0.2, 0) is 22.4 Å². The quantitative estimate of drug-likeness (QED) is 0.0641. The summed E-state index contributed by atoms with van der Waals surface area (Å²) in [6.07, 6.45) is 10.5. The summed E-state index contributed by atoms with van der Waals surface area (Å²) in [7, 11) is 0. The average Bonchev–Trinajstić information content (AvgIpc) is 3.37. The van der Waals surface area contributed by atoms with Gasteiger partial charge in [0.05, 0.1) is 0 Å². The van der Waals surface area contributed by atoms with Gasteiger partial charge in [0.25, 0.3) is 0 Å². The van der Waals surface area contributed by atoms with Gasteiger partial charge in [-0.1, -0.05) is 129 Å². The Hall–Kier alpha value is -6.00. The first-order valence-corrected chi connectivity index (χ1v) is 27.0. The van der Waals surface area contributed by atoms with Crippen LogP contribution in [0.5, 0.6) is 23.0 Å². The van der Waals surface area contributed by atoms with Gasteiger partial charge in [0, 0.05) is 11.1 Å². The van der Waals surface area contributed by atoms with Crippen LogP contribution in [0.15, 0.2) is 110 Å². The second kappa shape index (κ2) is 22.8. The maximum absolute atomic E-state index is 7.35. The molecule has 0 unspecified atom stereocenters. The fourth-order valence-corrected chi connectivity index (χ4v) is 12.0. The van der Waals surface area contributed by atoms with E-state index in [1.807, 2.05) is 12.2 Å². The Balaban J connectivity index is 1.29. The Labute approximate surface area is 435 Å². The molecule has 0 aromatic heterocycles. The molecule has 0 amide bonds. The van der Waals surface area contributed by atoms with Crippen molar-refractivity contribution in [3.8, 4) is 34.1 Å². The lowest BCUT2D eigenvalue weighted by Crippen LogP contribution is -2.36. The Morgan fingerprint density at radius 1 is 0.333 bits per heavy atom. The van der Waals surface area contributed by atoms with Crippen molar-refractivity contribution in [1.82, 2.24) is 0 Å². The van der Waals surface area contributed by atoms with Crippen LogP contribution in [0.1, 0.15) is 185 Å². The minimum atomic E-state index is -0.510. The standard InChI is InChI=1S/C68H86O4/c1-19-53-29-33-59(34-30-53)69-67(25-7,26-8)61-45(11)41-57(42-46(61)12)65(21-3,22-4)71-63-49(15)37-55(38-50(63)16)56-39-51(17)64(52(18)40-56)72-66(23-5,24-6)58-43-47(13)62(48(14)44-58)68(27-9,28-10)70-60-35-31-54(20-2)32-36-60/h19-20,29-44H,1-2,21-28H2,3-18H3. The van der Waals surface area contributed by atoms with Crippen LogP contribution in [-0.4, -0.2) is 0 Å². The largest absolute Gasteiger partial charge is 0.483 e. The van der Waals surface area contributed by atoms with Crippen molar-refractivity contribution in [2.45, 2.75) is 185 Å². The zero-order chi connectivity index (χ0) is 52.8. The maximum Gasteiger partial charge on any atom is 0.134 e. The second-order valence-corrected chi connectivity index (χ2v) is 20.6. The highest BCUT2D eigenvalue weighted by Gasteiger charge is 2.40. The fraction of sp³-hybridized carbons (Fsp3) is 0.412. The van der Waals surface area contributed by atoms with E-state index in [0.29, 0.717) is 0 Å². The van der Waals surface area contributed by atoms with E-state index in [4.69, 9.17) is 18.9 Å². The summed E-state index contributed by atoms with van der Waals surface area (Å²) in [4.78, 5) is 0. The fourth-order valence-electron chi connectivity index (χ4n) is 12.0. The van der Waals surface area contributed by atoms with Gasteiger partial charge in [-0.05, 0) is 233 Å². The summed E-state index contributed by atoms with van der Waals surface area (Å²) in [5.41, 5.74) is 16.9. The molecule has 0 N–H and O–H groups in total. The molecule has 0 saturated heterocycles. The number of rotatable bonds is 23. The van der Waals surface area contributed by atoms with Gasteiger partial charge >= 0.3 is 0 Å². The van der Waals surface area contributed by atoms with Gasteiger partial charge < -0.3 is 18.9 Å². The van der Waals surface area contributed by atoms with Gasteiger partial charge in [-0.3, -0.25) is 0 Å². The van der Waals surface area contributed by atoms with Gasteiger partial charge in [-0.25, -0.2) is 0 Å². The molecule has 4 nitrogen and oxygen atoms in total. The molecule has 0 atom stereocenters. The molecule has 0 heterocycles. The van der Waals surface area contributed by atoms with Crippen molar-refractivity contribution in [3.05, 3.63) is 188 Å². The first kappa shape index (κ1) is 55.3. The second-order valence-electron chi connectivity index (χ2n) is 20.6. The number of hydrogen-bond donors (Lipinski definition) is 0. The molecule has 0 bridgehead atoms. The molecule has 6 aromatic rings. The number of hydrogen-bond acceptors (Lipinski definition) is 4. The summed E-state index contributed by atoms with van der Waals surface area (Å²) in [5, 5.41) is 0. The molecule has 4 heteroatoms. The van der Waals surface area contributed by atoms with Gasteiger partial charge in [0.15, 0.2) is 0 Å². The van der Waals surface area contributed by atoms with E-state index in [1.54, 1.807) is 0 Å². The normalized spacial score (nSPS) is 12.2. The first-order chi connectivity index (χ1) is 34.3. The van der Waals surface area contributed by atoms with Crippen LogP contribution >= 0.6 is 0 Å².